The van der Waals surface area contributed by atoms with Gasteiger partial charge in [0.05, 0.1) is 6.04 Å². The minimum Gasteiger partial charge on any atom is -0.310 e. The predicted molar refractivity (Wildman–Crippen MR) is 47.2 cm³/mol. The normalized spacial score (nSPS) is 12.9. The fourth-order valence-corrected chi connectivity index (χ4v) is 1.43. The van der Waals surface area contributed by atoms with Crippen molar-refractivity contribution in [1.29, 1.82) is 0 Å². The van der Waals surface area contributed by atoms with Gasteiger partial charge >= 0.3 is 0 Å². The Balaban J connectivity index is 2.70. The summed E-state index contributed by atoms with van der Waals surface area (Å²) in [7, 11) is 1.79. The van der Waals surface area contributed by atoms with Crippen LogP contribution in [0.5, 0.6) is 0 Å². The second-order valence-electron chi connectivity index (χ2n) is 2.39. The van der Waals surface area contributed by atoms with Crippen molar-refractivity contribution in [1.82, 2.24) is 5.32 Å². The van der Waals surface area contributed by atoms with Crippen LogP contribution in [0.4, 0.5) is 0 Å². The molecule has 0 bridgehead atoms. The van der Waals surface area contributed by atoms with Crippen LogP contribution in [0.25, 0.3) is 0 Å². The molecule has 1 N–H and O–H groups in total. The average molecular weight is 169 g/mol. The van der Waals surface area contributed by atoms with Crippen molar-refractivity contribution < 1.29 is 4.79 Å². The van der Waals surface area contributed by atoms with E-state index >= 15 is 0 Å². The van der Waals surface area contributed by atoms with Gasteiger partial charge in [0.15, 0.2) is 5.78 Å². The van der Waals surface area contributed by atoms with Gasteiger partial charge in [-0.2, -0.15) is 11.3 Å². The molecular formula is C8H11NOS. The fourth-order valence-electron chi connectivity index (χ4n) is 0.786. The molecule has 60 valence electrons. The minimum atomic E-state index is -0.0791. The lowest BCUT2D eigenvalue weighted by molar-refractivity contribution is 0.0955. The van der Waals surface area contributed by atoms with Crippen molar-refractivity contribution in [3.05, 3.63) is 22.4 Å². The Labute approximate surface area is 70.2 Å². The molecule has 1 atom stereocenters. The van der Waals surface area contributed by atoms with Crippen LogP contribution >= 0.6 is 11.3 Å². The monoisotopic (exact) mass is 169 g/mol. The van der Waals surface area contributed by atoms with E-state index in [0.29, 0.717) is 0 Å². The van der Waals surface area contributed by atoms with Crippen LogP contribution in [0, 0.1) is 0 Å². The molecule has 1 aromatic heterocycles. The summed E-state index contributed by atoms with van der Waals surface area (Å²) in [6.45, 7) is 1.86. The van der Waals surface area contributed by atoms with Crippen molar-refractivity contribution >= 4 is 17.1 Å². The Morgan fingerprint density at radius 2 is 2.45 bits per heavy atom. The molecule has 1 rings (SSSR count). The average Bonchev–Trinajstić information content (AvgIpc) is 2.53. The fraction of sp³-hybridized carbons (Fsp3) is 0.375. The number of Topliss-reactive ketones (excluding diaryl/α,β-unsaturated/α-hetero) is 1. The minimum absolute atomic E-state index is 0.0791. The standard InChI is InChI=1S/C8H11NOS/c1-6(9-2)8(10)7-3-4-11-5-7/h3-6,9H,1-2H3/t6-/m0/s1. The molecule has 1 aromatic rings. The third-order valence-corrected chi connectivity index (χ3v) is 2.32. The summed E-state index contributed by atoms with van der Waals surface area (Å²) in [6.07, 6.45) is 0. The molecule has 0 spiro atoms. The van der Waals surface area contributed by atoms with E-state index < -0.39 is 0 Å². The number of ketones is 1. The number of hydrogen-bond acceptors (Lipinski definition) is 3. The molecule has 0 saturated heterocycles. The first kappa shape index (κ1) is 8.43. The highest BCUT2D eigenvalue weighted by atomic mass is 32.1. The molecule has 0 aliphatic heterocycles. The lowest BCUT2D eigenvalue weighted by Gasteiger charge is -2.05. The van der Waals surface area contributed by atoms with Gasteiger partial charge in [0.2, 0.25) is 0 Å². The van der Waals surface area contributed by atoms with E-state index in [0.717, 1.165) is 5.56 Å². The lowest BCUT2D eigenvalue weighted by atomic mass is 10.1. The number of carbonyl (C=O) groups is 1. The maximum absolute atomic E-state index is 11.4. The lowest BCUT2D eigenvalue weighted by Crippen LogP contribution is -2.30. The summed E-state index contributed by atoms with van der Waals surface area (Å²) < 4.78 is 0. The van der Waals surface area contributed by atoms with Crippen LogP contribution in [-0.4, -0.2) is 18.9 Å². The topological polar surface area (TPSA) is 29.1 Å². The first-order chi connectivity index (χ1) is 5.25. The number of nitrogens with one attached hydrogen (secondary N) is 1. The number of hydrogen-bond donors (Lipinski definition) is 1. The first-order valence-electron chi connectivity index (χ1n) is 3.49. The van der Waals surface area contributed by atoms with E-state index in [2.05, 4.69) is 5.32 Å². The van der Waals surface area contributed by atoms with Gasteiger partial charge in [0.25, 0.3) is 0 Å². The predicted octanol–water partition coefficient (Wildman–Crippen LogP) is 1.54. The largest absolute Gasteiger partial charge is 0.310 e. The molecule has 0 unspecified atom stereocenters. The van der Waals surface area contributed by atoms with Gasteiger partial charge < -0.3 is 5.32 Å². The summed E-state index contributed by atoms with van der Waals surface area (Å²) in [4.78, 5) is 11.4. The smallest absolute Gasteiger partial charge is 0.180 e. The molecule has 0 aliphatic rings. The zero-order chi connectivity index (χ0) is 8.27. The van der Waals surface area contributed by atoms with Crippen molar-refractivity contribution in [3.63, 3.8) is 0 Å². The SMILES string of the molecule is CN[C@@H](C)C(=O)c1ccsc1. The molecule has 0 aromatic carbocycles. The molecule has 0 saturated carbocycles. The van der Waals surface area contributed by atoms with Crippen LogP contribution in [0.1, 0.15) is 17.3 Å². The maximum Gasteiger partial charge on any atom is 0.180 e. The summed E-state index contributed by atoms with van der Waals surface area (Å²) in [5, 5.41) is 6.69. The van der Waals surface area contributed by atoms with E-state index in [9.17, 15) is 4.79 Å². The first-order valence-corrected chi connectivity index (χ1v) is 4.43. The van der Waals surface area contributed by atoms with Crippen LogP contribution < -0.4 is 5.32 Å². The van der Waals surface area contributed by atoms with Gasteiger partial charge in [-0.15, -0.1) is 0 Å². The van der Waals surface area contributed by atoms with E-state index in [1.165, 1.54) is 0 Å². The Bertz CT molecular complexity index is 230. The highest BCUT2D eigenvalue weighted by Crippen LogP contribution is 2.08. The second kappa shape index (κ2) is 3.64. The second-order valence-corrected chi connectivity index (χ2v) is 3.17. The van der Waals surface area contributed by atoms with Crippen molar-refractivity contribution in [2.24, 2.45) is 0 Å². The zero-order valence-corrected chi connectivity index (χ0v) is 7.44. The Kier molecular flexibility index (Phi) is 2.79. The van der Waals surface area contributed by atoms with Gasteiger partial charge in [-0.1, -0.05) is 0 Å². The Morgan fingerprint density at radius 1 is 1.73 bits per heavy atom. The molecule has 3 heteroatoms. The van der Waals surface area contributed by atoms with Crippen molar-refractivity contribution in [2.45, 2.75) is 13.0 Å². The van der Waals surface area contributed by atoms with Gasteiger partial charge in [-0.05, 0) is 25.4 Å². The van der Waals surface area contributed by atoms with E-state index in [4.69, 9.17) is 0 Å². The number of likely N-dealkylation sites (N-methyl/N-ethyl adjacent to an activating group) is 1. The van der Waals surface area contributed by atoms with Gasteiger partial charge in [0, 0.05) is 10.9 Å². The number of rotatable bonds is 3. The van der Waals surface area contributed by atoms with Gasteiger partial charge in [-0.3, -0.25) is 4.79 Å². The van der Waals surface area contributed by atoms with Crippen LogP contribution in [0.2, 0.25) is 0 Å². The summed E-state index contributed by atoms with van der Waals surface area (Å²) in [6, 6.07) is 1.77. The summed E-state index contributed by atoms with van der Waals surface area (Å²) in [5.74, 6) is 0.161. The zero-order valence-electron chi connectivity index (χ0n) is 6.63. The van der Waals surface area contributed by atoms with Gasteiger partial charge in [-0.25, -0.2) is 0 Å². The highest BCUT2D eigenvalue weighted by molar-refractivity contribution is 7.08. The highest BCUT2D eigenvalue weighted by Gasteiger charge is 2.12. The quantitative estimate of drug-likeness (QED) is 0.695. The molecular weight excluding hydrogens is 158 g/mol. The molecule has 1 heterocycles. The van der Waals surface area contributed by atoms with E-state index in [1.54, 1.807) is 18.4 Å². The van der Waals surface area contributed by atoms with Crippen molar-refractivity contribution in [2.75, 3.05) is 7.05 Å². The molecule has 0 aliphatic carbocycles. The Morgan fingerprint density at radius 3 is 2.91 bits per heavy atom. The summed E-state index contributed by atoms with van der Waals surface area (Å²) >= 11 is 1.55. The maximum atomic E-state index is 11.4. The van der Waals surface area contributed by atoms with Gasteiger partial charge in [0.1, 0.15) is 0 Å². The van der Waals surface area contributed by atoms with E-state index in [-0.39, 0.29) is 11.8 Å². The van der Waals surface area contributed by atoms with Crippen LogP contribution in [0.3, 0.4) is 0 Å². The van der Waals surface area contributed by atoms with Crippen LogP contribution in [-0.2, 0) is 0 Å². The summed E-state index contributed by atoms with van der Waals surface area (Å²) in [5.41, 5.74) is 0.803. The van der Waals surface area contributed by atoms with Crippen LogP contribution in [0.15, 0.2) is 16.8 Å². The third-order valence-electron chi connectivity index (χ3n) is 1.63. The number of thiophene rings is 1. The van der Waals surface area contributed by atoms with E-state index in [1.807, 2.05) is 23.8 Å². The van der Waals surface area contributed by atoms with Crippen molar-refractivity contribution in [3.8, 4) is 0 Å². The molecule has 0 amide bonds. The Hall–Kier alpha value is -0.670. The molecule has 0 fully saturated rings. The number of carbonyl (C=O) groups excluding carboxylic acids is 1. The molecule has 2 nitrogen and oxygen atoms in total. The third kappa shape index (κ3) is 1.88. The molecule has 11 heavy (non-hydrogen) atoms. The molecule has 0 radical (unpaired) electrons.